The zero-order valence-electron chi connectivity index (χ0n) is 16.0. The number of nitrogens with one attached hydrogen (secondary N) is 1. The highest BCUT2D eigenvalue weighted by Crippen LogP contribution is 2.37. The smallest absolute Gasteiger partial charge is 0.338 e. The highest BCUT2D eigenvalue weighted by molar-refractivity contribution is 8.13. The molecular weight excluding hydrogens is 348 g/mol. The van der Waals surface area contributed by atoms with Gasteiger partial charge < -0.3 is 14.8 Å². The van der Waals surface area contributed by atoms with Crippen LogP contribution in [0, 0.1) is 0 Å². The van der Waals surface area contributed by atoms with E-state index >= 15 is 0 Å². The summed E-state index contributed by atoms with van der Waals surface area (Å²) in [5, 5.41) is 4.10. The van der Waals surface area contributed by atoms with Crippen molar-refractivity contribution in [2.45, 2.75) is 46.6 Å². The van der Waals surface area contributed by atoms with Gasteiger partial charge in [0.15, 0.2) is 5.17 Å². The van der Waals surface area contributed by atoms with Gasteiger partial charge in [0, 0.05) is 17.0 Å². The third-order valence-electron chi connectivity index (χ3n) is 3.96. The van der Waals surface area contributed by atoms with Gasteiger partial charge in [0.1, 0.15) is 11.8 Å². The summed E-state index contributed by atoms with van der Waals surface area (Å²) in [6.45, 7) is 8.71. The van der Waals surface area contributed by atoms with Crippen LogP contribution in [0.3, 0.4) is 0 Å². The number of ether oxygens (including phenoxy) is 2. The average molecular weight is 377 g/mol. The van der Waals surface area contributed by atoms with E-state index in [1.165, 1.54) is 0 Å². The number of para-hydroxylation sites is 1. The molecule has 0 radical (unpaired) electrons. The summed E-state index contributed by atoms with van der Waals surface area (Å²) in [6, 6.07) is 7.32. The normalized spacial score (nSPS) is 16.8. The van der Waals surface area contributed by atoms with Gasteiger partial charge in [-0.2, -0.15) is 0 Å². The molecule has 26 heavy (non-hydrogen) atoms. The van der Waals surface area contributed by atoms with Crippen LogP contribution >= 0.6 is 11.8 Å². The van der Waals surface area contributed by atoms with Crippen molar-refractivity contribution in [3.05, 3.63) is 41.1 Å². The molecular formula is C20H28N2O3S. The minimum Gasteiger partial charge on any atom is -0.494 e. The molecule has 0 spiro atoms. The van der Waals surface area contributed by atoms with E-state index in [1.54, 1.807) is 11.8 Å². The largest absolute Gasteiger partial charge is 0.494 e. The Morgan fingerprint density at radius 3 is 2.69 bits per heavy atom. The van der Waals surface area contributed by atoms with Gasteiger partial charge >= 0.3 is 5.97 Å². The van der Waals surface area contributed by atoms with Crippen molar-refractivity contribution in [1.82, 2.24) is 5.32 Å². The predicted octanol–water partition coefficient (Wildman–Crippen LogP) is 4.46. The Kier molecular flexibility index (Phi) is 8.04. The zero-order chi connectivity index (χ0) is 18.9. The maximum atomic E-state index is 12.6. The lowest BCUT2D eigenvalue weighted by Gasteiger charge is -2.26. The fraction of sp³-hybridized carbons (Fsp3) is 0.500. The number of carbonyl (C=O) groups is 1. The molecule has 1 aliphatic heterocycles. The number of amidine groups is 1. The molecule has 1 aromatic carbocycles. The third kappa shape index (κ3) is 5.04. The highest BCUT2D eigenvalue weighted by Gasteiger charge is 2.32. The van der Waals surface area contributed by atoms with Crippen molar-refractivity contribution in [3.8, 4) is 5.75 Å². The van der Waals surface area contributed by atoms with E-state index in [4.69, 9.17) is 14.5 Å². The number of esters is 1. The maximum Gasteiger partial charge on any atom is 0.338 e. The van der Waals surface area contributed by atoms with Gasteiger partial charge in [-0.25, -0.2) is 9.79 Å². The van der Waals surface area contributed by atoms with Crippen LogP contribution in [0.4, 0.5) is 0 Å². The molecule has 0 saturated carbocycles. The molecule has 0 fully saturated rings. The van der Waals surface area contributed by atoms with E-state index in [0.29, 0.717) is 18.8 Å². The van der Waals surface area contributed by atoms with Crippen LogP contribution < -0.4 is 10.1 Å². The maximum absolute atomic E-state index is 12.6. The summed E-state index contributed by atoms with van der Waals surface area (Å²) in [6.07, 6.45) is 2.26. The van der Waals surface area contributed by atoms with Crippen molar-refractivity contribution in [3.63, 3.8) is 0 Å². The molecule has 1 N–H and O–H groups in total. The molecule has 6 heteroatoms. The zero-order valence-corrected chi connectivity index (χ0v) is 16.8. The Morgan fingerprint density at radius 2 is 2.00 bits per heavy atom. The summed E-state index contributed by atoms with van der Waals surface area (Å²) >= 11 is 1.68. The van der Waals surface area contributed by atoms with Gasteiger partial charge in [-0.3, -0.25) is 0 Å². The van der Waals surface area contributed by atoms with Crippen LogP contribution in [-0.2, 0) is 9.53 Å². The van der Waals surface area contributed by atoms with E-state index in [-0.39, 0.29) is 5.97 Å². The van der Waals surface area contributed by atoms with Crippen molar-refractivity contribution in [2.24, 2.45) is 4.99 Å². The average Bonchev–Trinajstić information content (AvgIpc) is 2.62. The molecule has 0 aliphatic carbocycles. The number of nitrogens with zero attached hydrogens (tertiary/aromatic N) is 1. The van der Waals surface area contributed by atoms with Crippen LogP contribution in [0.25, 0.3) is 0 Å². The van der Waals surface area contributed by atoms with E-state index in [9.17, 15) is 4.79 Å². The Morgan fingerprint density at radius 1 is 1.23 bits per heavy atom. The van der Waals surface area contributed by atoms with Gasteiger partial charge in [-0.1, -0.05) is 43.3 Å². The lowest BCUT2D eigenvalue weighted by molar-refractivity contribution is -0.138. The third-order valence-corrected chi connectivity index (χ3v) is 4.94. The SMILES string of the molecule is CCCCSC1=N[C@@H](c2ccccc2OCC)C(C(=O)OCC)=C(C)N1. The van der Waals surface area contributed by atoms with Crippen molar-refractivity contribution < 1.29 is 14.3 Å². The van der Waals surface area contributed by atoms with Crippen LogP contribution in [-0.4, -0.2) is 30.1 Å². The standard InChI is InChI=1S/C20H28N2O3S/c1-5-8-13-26-20-21-14(4)17(19(23)25-7-3)18(22-20)15-11-9-10-12-16(15)24-6-2/h9-12,18H,5-8,13H2,1-4H3,(H,21,22)/t18-/m0/s1. The fourth-order valence-electron chi connectivity index (χ4n) is 2.73. The van der Waals surface area contributed by atoms with Gasteiger partial charge in [-0.15, -0.1) is 0 Å². The topological polar surface area (TPSA) is 59.9 Å². The number of unbranched alkanes of at least 4 members (excludes halogenated alkanes) is 1. The molecule has 1 atom stereocenters. The molecule has 0 amide bonds. The first kappa shape index (κ1) is 20.4. The molecule has 5 nitrogen and oxygen atoms in total. The van der Waals surface area contributed by atoms with Crippen LogP contribution in [0.2, 0.25) is 0 Å². The Bertz CT molecular complexity index is 685. The van der Waals surface area contributed by atoms with Gasteiger partial charge in [-0.05, 0) is 33.3 Å². The number of thioether (sulfide) groups is 1. The van der Waals surface area contributed by atoms with Gasteiger partial charge in [0.25, 0.3) is 0 Å². The number of rotatable bonds is 8. The van der Waals surface area contributed by atoms with E-state index in [1.807, 2.05) is 45.0 Å². The first-order valence-corrected chi connectivity index (χ1v) is 10.2. The molecule has 1 aromatic rings. The summed E-state index contributed by atoms with van der Waals surface area (Å²) in [5.41, 5.74) is 2.21. The van der Waals surface area contributed by atoms with Crippen molar-refractivity contribution in [2.75, 3.05) is 19.0 Å². The number of hydrogen-bond donors (Lipinski definition) is 1. The Labute approximate surface area is 160 Å². The second kappa shape index (κ2) is 10.3. The lowest BCUT2D eigenvalue weighted by Crippen LogP contribution is -2.31. The molecule has 0 unspecified atom stereocenters. The molecule has 0 aromatic heterocycles. The lowest BCUT2D eigenvalue weighted by atomic mass is 9.96. The summed E-state index contributed by atoms with van der Waals surface area (Å²) in [5.74, 6) is 1.40. The minimum absolute atomic E-state index is 0.331. The monoisotopic (exact) mass is 376 g/mol. The Hall–Kier alpha value is -1.95. The molecule has 142 valence electrons. The van der Waals surface area contributed by atoms with Crippen LogP contribution in [0.1, 0.15) is 52.1 Å². The number of carbonyl (C=O) groups excluding carboxylic acids is 1. The molecule has 1 aliphatic rings. The highest BCUT2D eigenvalue weighted by atomic mass is 32.2. The number of hydrogen-bond acceptors (Lipinski definition) is 6. The number of benzene rings is 1. The summed E-state index contributed by atoms with van der Waals surface area (Å²) in [7, 11) is 0. The van der Waals surface area contributed by atoms with Gasteiger partial charge in [0.2, 0.25) is 0 Å². The second-order valence-corrected chi connectivity index (χ2v) is 6.98. The van der Waals surface area contributed by atoms with Crippen LogP contribution in [0.5, 0.6) is 5.75 Å². The van der Waals surface area contributed by atoms with Crippen LogP contribution in [0.15, 0.2) is 40.5 Å². The molecule has 1 heterocycles. The summed E-state index contributed by atoms with van der Waals surface area (Å²) in [4.78, 5) is 17.4. The van der Waals surface area contributed by atoms with Crippen molar-refractivity contribution >= 4 is 22.9 Å². The van der Waals surface area contributed by atoms with Crippen molar-refractivity contribution in [1.29, 1.82) is 0 Å². The van der Waals surface area contributed by atoms with Gasteiger partial charge in [0.05, 0.1) is 18.8 Å². The Balaban J connectivity index is 2.42. The van der Waals surface area contributed by atoms with E-state index in [0.717, 1.165) is 40.8 Å². The van der Waals surface area contributed by atoms with E-state index < -0.39 is 6.04 Å². The first-order chi connectivity index (χ1) is 12.6. The fourth-order valence-corrected chi connectivity index (χ4v) is 3.76. The molecule has 2 rings (SSSR count). The predicted molar refractivity (Wildman–Crippen MR) is 108 cm³/mol. The quantitative estimate of drug-likeness (QED) is 0.536. The summed E-state index contributed by atoms with van der Waals surface area (Å²) < 4.78 is 11.1. The number of allylic oxidation sites excluding steroid dienone is 1. The molecule has 0 bridgehead atoms. The van der Waals surface area contributed by atoms with E-state index in [2.05, 4.69) is 12.2 Å². The first-order valence-electron chi connectivity index (χ1n) is 9.19. The number of aliphatic imine (C=N–C) groups is 1. The molecule has 0 saturated heterocycles. The second-order valence-electron chi connectivity index (χ2n) is 5.89. The minimum atomic E-state index is -0.429.